The second-order valence-corrected chi connectivity index (χ2v) is 10.8. The van der Waals surface area contributed by atoms with Gasteiger partial charge in [0.05, 0.1) is 5.54 Å². The minimum atomic E-state index is -1.35. The third kappa shape index (κ3) is 6.96. The SMILES string of the molecule is Cc1ccc(C(=O)OC(C)OC(=O)N(C(=O)c2ccc(Cl)cc2)N(C(=O)c2ccccc2)C(C)(C)C)s1. The number of carbonyl (C=O) groups excluding carboxylic acids is 4. The van der Waals surface area contributed by atoms with Crippen LogP contribution in [0.15, 0.2) is 66.7 Å². The van der Waals surface area contributed by atoms with Crippen molar-refractivity contribution in [3.8, 4) is 0 Å². The van der Waals surface area contributed by atoms with Gasteiger partial charge in [0.1, 0.15) is 4.88 Å². The first kappa shape index (κ1) is 27.9. The average molecular weight is 543 g/mol. The van der Waals surface area contributed by atoms with E-state index < -0.39 is 35.7 Å². The Kier molecular flexibility index (Phi) is 8.73. The Morgan fingerprint density at radius 1 is 0.838 bits per heavy atom. The lowest BCUT2D eigenvalue weighted by atomic mass is 10.1. The number of amides is 3. The molecular weight excluding hydrogens is 516 g/mol. The van der Waals surface area contributed by atoms with E-state index in [-0.39, 0.29) is 11.1 Å². The molecule has 0 aliphatic carbocycles. The molecule has 3 aromatic rings. The number of aryl methyl sites for hydroxylation is 1. The van der Waals surface area contributed by atoms with Crippen LogP contribution in [0.4, 0.5) is 4.79 Å². The van der Waals surface area contributed by atoms with Crippen molar-refractivity contribution in [2.45, 2.75) is 46.4 Å². The Balaban J connectivity index is 1.96. The highest BCUT2D eigenvalue weighted by Crippen LogP contribution is 2.25. The van der Waals surface area contributed by atoms with Gasteiger partial charge in [-0.25, -0.2) is 14.6 Å². The van der Waals surface area contributed by atoms with Crippen molar-refractivity contribution in [1.82, 2.24) is 10.0 Å². The molecule has 0 aliphatic heterocycles. The van der Waals surface area contributed by atoms with Gasteiger partial charge in [-0.2, -0.15) is 0 Å². The second-order valence-electron chi connectivity index (χ2n) is 9.04. The van der Waals surface area contributed by atoms with Gasteiger partial charge in [0, 0.05) is 28.0 Å². The lowest BCUT2D eigenvalue weighted by Crippen LogP contribution is -2.60. The standard InChI is InChI=1S/C27H27ClN2O6S/c1-17-11-16-22(37-17)25(33)35-18(2)36-26(34)29(23(31)20-12-14-21(28)15-13-20)30(27(3,4)5)24(32)19-9-7-6-8-10-19/h6-16,18H,1-5H3. The molecule has 0 fully saturated rings. The van der Waals surface area contributed by atoms with Crippen molar-refractivity contribution in [2.75, 3.05) is 0 Å². The number of hydrazine groups is 1. The molecule has 1 heterocycles. The first-order valence-corrected chi connectivity index (χ1v) is 12.6. The molecule has 8 nitrogen and oxygen atoms in total. The number of hydrogen-bond donors (Lipinski definition) is 0. The molecule has 0 bridgehead atoms. The Hall–Kier alpha value is -3.69. The largest absolute Gasteiger partial charge is 0.439 e. The van der Waals surface area contributed by atoms with Crippen molar-refractivity contribution in [3.05, 3.63) is 92.6 Å². The number of rotatable bonds is 5. The van der Waals surface area contributed by atoms with Gasteiger partial charge in [-0.05, 0) is 76.2 Å². The first-order chi connectivity index (χ1) is 17.4. The van der Waals surface area contributed by atoms with E-state index in [1.807, 2.05) is 6.92 Å². The van der Waals surface area contributed by atoms with Crippen LogP contribution >= 0.6 is 22.9 Å². The van der Waals surface area contributed by atoms with E-state index in [0.29, 0.717) is 14.9 Å². The van der Waals surface area contributed by atoms with E-state index in [4.69, 9.17) is 21.1 Å². The van der Waals surface area contributed by atoms with Gasteiger partial charge in [0.15, 0.2) is 0 Å². The Morgan fingerprint density at radius 2 is 1.43 bits per heavy atom. The number of thiophene rings is 1. The Labute approximate surface area is 224 Å². The van der Waals surface area contributed by atoms with E-state index >= 15 is 0 Å². The van der Waals surface area contributed by atoms with Crippen LogP contribution in [0, 0.1) is 6.92 Å². The smallest absolute Gasteiger partial charge is 0.421 e. The molecule has 37 heavy (non-hydrogen) atoms. The van der Waals surface area contributed by atoms with Crippen molar-refractivity contribution in [3.63, 3.8) is 0 Å². The molecule has 2 aromatic carbocycles. The number of carbonyl (C=O) groups is 4. The first-order valence-electron chi connectivity index (χ1n) is 11.4. The second kappa shape index (κ2) is 11.6. The molecule has 0 spiro atoms. The maximum Gasteiger partial charge on any atom is 0.439 e. The van der Waals surface area contributed by atoms with E-state index in [1.54, 1.807) is 63.2 Å². The summed E-state index contributed by atoms with van der Waals surface area (Å²) < 4.78 is 10.6. The molecular formula is C27H27ClN2O6S. The maximum absolute atomic E-state index is 13.6. The average Bonchev–Trinajstić information content (AvgIpc) is 3.28. The Bertz CT molecular complexity index is 1280. The van der Waals surface area contributed by atoms with E-state index in [0.717, 1.165) is 9.89 Å². The van der Waals surface area contributed by atoms with E-state index in [9.17, 15) is 19.2 Å². The zero-order valence-corrected chi connectivity index (χ0v) is 22.6. The third-order valence-corrected chi connectivity index (χ3v) is 6.22. The highest BCUT2D eigenvalue weighted by Gasteiger charge is 2.41. The summed E-state index contributed by atoms with van der Waals surface area (Å²) in [5.74, 6) is -2.11. The lowest BCUT2D eigenvalue weighted by molar-refractivity contribution is -0.0917. The van der Waals surface area contributed by atoms with Gasteiger partial charge < -0.3 is 9.47 Å². The van der Waals surface area contributed by atoms with Gasteiger partial charge in [-0.15, -0.1) is 16.3 Å². The normalized spacial score (nSPS) is 11.8. The van der Waals surface area contributed by atoms with Gasteiger partial charge >= 0.3 is 12.1 Å². The number of nitrogens with zero attached hydrogens (tertiary/aromatic N) is 2. The molecule has 194 valence electrons. The summed E-state index contributed by atoms with van der Waals surface area (Å²) in [6.45, 7) is 8.21. The van der Waals surface area contributed by atoms with E-state index in [1.165, 1.54) is 42.5 Å². The fourth-order valence-electron chi connectivity index (χ4n) is 3.34. The monoisotopic (exact) mass is 542 g/mol. The summed E-state index contributed by atoms with van der Waals surface area (Å²) in [4.78, 5) is 54.4. The molecule has 1 aromatic heterocycles. The lowest BCUT2D eigenvalue weighted by Gasteiger charge is -2.41. The molecule has 1 unspecified atom stereocenters. The zero-order chi connectivity index (χ0) is 27.3. The molecule has 0 saturated carbocycles. The summed E-state index contributed by atoms with van der Waals surface area (Å²) in [5, 5.41) is 2.04. The van der Waals surface area contributed by atoms with Gasteiger partial charge in [0.25, 0.3) is 11.8 Å². The molecule has 0 saturated heterocycles. The number of benzene rings is 2. The van der Waals surface area contributed by atoms with Crippen LogP contribution < -0.4 is 0 Å². The summed E-state index contributed by atoms with van der Waals surface area (Å²) in [5.41, 5.74) is -0.690. The zero-order valence-electron chi connectivity index (χ0n) is 21.1. The topological polar surface area (TPSA) is 93.2 Å². The fourth-order valence-corrected chi connectivity index (χ4v) is 4.21. The number of imide groups is 1. The molecule has 0 N–H and O–H groups in total. The fraction of sp³-hybridized carbons (Fsp3) is 0.259. The van der Waals surface area contributed by atoms with Crippen LogP contribution in [0.1, 0.15) is 63.0 Å². The summed E-state index contributed by atoms with van der Waals surface area (Å²) in [6.07, 6.45) is -2.54. The molecule has 0 radical (unpaired) electrons. The molecule has 1 atom stereocenters. The third-order valence-electron chi connectivity index (χ3n) is 4.99. The van der Waals surface area contributed by atoms with E-state index in [2.05, 4.69) is 0 Å². The Morgan fingerprint density at radius 3 is 1.97 bits per heavy atom. The van der Waals surface area contributed by atoms with Crippen LogP contribution in [-0.4, -0.2) is 45.7 Å². The number of esters is 1. The van der Waals surface area contributed by atoms with Gasteiger partial charge in [-0.1, -0.05) is 29.8 Å². The van der Waals surface area contributed by atoms with Gasteiger partial charge in [-0.3, -0.25) is 9.59 Å². The number of hydrogen-bond acceptors (Lipinski definition) is 7. The summed E-state index contributed by atoms with van der Waals surface area (Å²) >= 11 is 7.20. The molecule has 3 rings (SSSR count). The maximum atomic E-state index is 13.6. The van der Waals surface area contributed by atoms with Crippen molar-refractivity contribution >= 4 is 46.8 Å². The molecule has 3 amide bonds. The number of ether oxygens (including phenoxy) is 2. The van der Waals surface area contributed by atoms with Crippen molar-refractivity contribution in [2.24, 2.45) is 0 Å². The quantitative estimate of drug-likeness (QED) is 0.212. The number of halogens is 1. The van der Waals surface area contributed by atoms with Crippen LogP contribution in [0.3, 0.4) is 0 Å². The van der Waals surface area contributed by atoms with Gasteiger partial charge in [0.2, 0.25) is 6.29 Å². The van der Waals surface area contributed by atoms with Crippen molar-refractivity contribution in [1.29, 1.82) is 0 Å². The highest BCUT2D eigenvalue weighted by atomic mass is 35.5. The highest BCUT2D eigenvalue weighted by molar-refractivity contribution is 7.13. The summed E-state index contributed by atoms with van der Waals surface area (Å²) in [6, 6.07) is 17.5. The van der Waals surface area contributed by atoms with Crippen LogP contribution in [0.2, 0.25) is 5.02 Å². The molecule has 0 aliphatic rings. The minimum absolute atomic E-state index is 0.0928. The predicted octanol–water partition coefficient (Wildman–Crippen LogP) is 6.35. The van der Waals surface area contributed by atoms with Crippen LogP contribution in [0.25, 0.3) is 0 Å². The van der Waals surface area contributed by atoms with Crippen molar-refractivity contribution < 1.29 is 28.7 Å². The molecule has 10 heteroatoms. The summed E-state index contributed by atoms with van der Waals surface area (Å²) in [7, 11) is 0. The minimum Gasteiger partial charge on any atom is -0.421 e. The van der Waals surface area contributed by atoms with Crippen LogP contribution in [-0.2, 0) is 9.47 Å². The van der Waals surface area contributed by atoms with Crippen LogP contribution in [0.5, 0.6) is 0 Å². The predicted molar refractivity (Wildman–Crippen MR) is 140 cm³/mol.